The van der Waals surface area contributed by atoms with Crippen LogP contribution in [0.4, 0.5) is 0 Å². The van der Waals surface area contributed by atoms with E-state index >= 15 is 0 Å². The molecule has 0 unspecified atom stereocenters. The maximum Gasteiger partial charge on any atom is 0.321 e. The van der Waals surface area contributed by atoms with E-state index in [1.165, 1.54) is 17.3 Å². The largest absolute Gasteiger partial charge is 0.480 e. The molecule has 0 radical (unpaired) electrons. The zero-order chi connectivity index (χ0) is 13.0. The van der Waals surface area contributed by atoms with Gasteiger partial charge in [0.2, 0.25) is 0 Å². The fourth-order valence-corrected chi connectivity index (χ4v) is 2.60. The zero-order valence-corrected chi connectivity index (χ0v) is 10.9. The van der Waals surface area contributed by atoms with Gasteiger partial charge in [-0.15, -0.1) is 11.8 Å². The van der Waals surface area contributed by atoms with Crippen LogP contribution in [0.25, 0.3) is 0 Å². The van der Waals surface area contributed by atoms with E-state index in [1.807, 2.05) is 61.5 Å². The van der Waals surface area contributed by atoms with Gasteiger partial charge in [-0.1, -0.05) is 48.0 Å². The summed E-state index contributed by atoms with van der Waals surface area (Å²) in [5, 5.41) is 8.76. The molecule has 2 rings (SSSR count). The second-order valence-corrected chi connectivity index (χ2v) is 5.24. The molecule has 0 spiro atoms. The van der Waals surface area contributed by atoms with E-state index in [9.17, 15) is 9.90 Å². The standard InChI is InChI=1S/C15H14O2S/c1-11-7-9-13(10-8-11)18-14(15(16)17)12-5-3-2-4-6-12/h2-10,14H,1H3,(H,16,17)/t14-/m0/s1. The molecule has 92 valence electrons. The van der Waals surface area contributed by atoms with E-state index in [0.29, 0.717) is 0 Å². The predicted molar refractivity (Wildman–Crippen MR) is 73.9 cm³/mol. The summed E-state index contributed by atoms with van der Waals surface area (Å²) in [5.74, 6) is -0.813. The van der Waals surface area contributed by atoms with E-state index in [-0.39, 0.29) is 0 Å². The highest BCUT2D eigenvalue weighted by Crippen LogP contribution is 2.35. The van der Waals surface area contributed by atoms with Crippen LogP contribution in [0, 0.1) is 6.92 Å². The maximum absolute atomic E-state index is 11.4. The van der Waals surface area contributed by atoms with Gasteiger partial charge in [0.25, 0.3) is 0 Å². The average Bonchev–Trinajstić information content (AvgIpc) is 2.38. The Balaban J connectivity index is 2.22. The molecular weight excluding hydrogens is 244 g/mol. The van der Waals surface area contributed by atoms with Crippen molar-refractivity contribution in [1.82, 2.24) is 0 Å². The highest BCUT2D eigenvalue weighted by molar-refractivity contribution is 8.00. The van der Waals surface area contributed by atoms with Gasteiger partial charge in [-0.3, -0.25) is 4.79 Å². The molecule has 0 aliphatic heterocycles. The quantitative estimate of drug-likeness (QED) is 0.845. The lowest BCUT2D eigenvalue weighted by Gasteiger charge is -2.12. The van der Waals surface area contributed by atoms with Crippen LogP contribution < -0.4 is 0 Å². The molecule has 2 aromatic rings. The van der Waals surface area contributed by atoms with Gasteiger partial charge >= 0.3 is 5.97 Å². The molecule has 0 heterocycles. The van der Waals surface area contributed by atoms with Crippen molar-refractivity contribution in [2.24, 2.45) is 0 Å². The maximum atomic E-state index is 11.4. The highest BCUT2D eigenvalue weighted by atomic mass is 32.2. The van der Waals surface area contributed by atoms with Crippen molar-refractivity contribution in [1.29, 1.82) is 0 Å². The minimum absolute atomic E-state index is 0.561. The summed E-state index contributed by atoms with van der Waals surface area (Å²) in [5.41, 5.74) is 1.99. The van der Waals surface area contributed by atoms with Crippen LogP contribution in [0.1, 0.15) is 16.4 Å². The lowest BCUT2D eigenvalue weighted by atomic mass is 10.1. The molecule has 18 heavy (non-hydrogen) atoms. The van der Waals surface area contributed by atoms with Crippen LogP contribution in [0.15, 0.2) is 59.5 Å². The first-order valence-electron chi connectivity index (χ1n) is 5.68. The molecule has 3 heteroatoms. The van der Waals surface area contributed by atoms with Gasteiger partial charge in [-0.05, 0) is 24.6 Å². The molecular formula is C15H14O2S. The number of aliphatic carboxylic acids is 1. The van der Waals surface area contributed by atoms with E-state index in [2.05, 4.69) is 0 Å². The number of carboxylic acid groups (broad SMARTS) is 1. The normalized spacial score (nSPS) is 12.1. The smallest absolute Gasteiger partial charge is 0.321 e. The molecule has 0 aliphatic rings. The number of rotatable bonds is 4. The van der Waals surface area contributed by atoms with Crippen LogP contribution in [-0.4, -0.2) is 11.1 Å². The van der Waals surface area contributed by atoms with Gasteiger partial charge in [-0.25, -0.2) is 0 Å². The van der Waals surface area contributed by atoms with Crippen molar-refractivity contribution >= 4 is 17.7 Å². The fraction of sp³-hybridized carbons (Fsp3) is 0.133. The average molecular weight is 258 g/mol. The Hall–Kier alpha value is -1.74. The summed E-state index contributed by atoms with van der Waals surface area (Å²) in [6.07, 6.45) is 0. The fourth-order valence-electron chi connectivity index (χ4n) is 1.64. The topological polar surface area (TPSA) is 37.3 Å². The van der Waals surface area contributed by atoms with Gasteiger partial charge < -0.3 is 5.11 Å². The van der Waals surface area contributed by atoms with E-state index in [0.717, 1.165) is 10.5 Å². The molecule has 1 N–H and O–H groups in total. The van der Waals surface area contributed by atoms with Crippen molar-refractivity contribution in [2.45, 2.75) is 17.1 Å². The first-order valence-corrected chi connectivity index (χ1v) is 6.56. The Morgan fingerprint density at radius 1 is 1.06 bits per heavy atom. The molecule has 2 aromatic carbocycles. The Morgan fingerprint density at radius 3 is 2.22 bits per heavy atom. The predicted octanol–water partition coefficient (Wildman–Crippen LogP) is 3.91. The first-order chi connectivity index (χ1) is 8.66. The second kappa shape index (κ2) is 5.74. The van der Waals surface area contributed by atoms with Crippen LogP contribution >= 0.6 is 11.8 Å². The number of thioether (sulfide) groups is 1. The number of benzene rings is 2. The first kappa shape index (κ1) is 12.7. The Morgan fingerprint density at radius 2 is 1.67 bits per heavy atom. The monoisotopic (exact) mass is 258 g/mol. The summed E-state index contributed by atoms with van der Waals surface area (Å²) < 4.78 is 0. The lowest BCUT2D eigenvalue weighted by Crippen LogP contribution is -2.07. The molecule has 2 nitrogen and oxygen atoms in total. The van der Waals surface area contributed by atoms with Gasteiger partial charge in [0.15, 0.2) is 0 Å². The summed E-state index contributed by atoms with van der Waals surface area (Å²) in [6, 6.07) is 17.2. The molecule has 1 atom stereocenters. The summed E-state index contributed by atoms with van der Waals surface area (Å²) in [6.45, 7) is 2.01. The van der Waals surface area contributed by atoms with Crippen LogP contribution in [-0.2, 0) is 4.79 Å². The molecule has 0 fully saturated rings. The SMILES string of the molecule is Cc1ccc(S[C@H](C(=O)O)c2ccccc2)cc1. The van der Waals surface area contributed by atoms with Crippen LogP contribution in [0.5, 0.6) is 0 Å². The number of hydrogen-bond donors (Lipinski definition) is 1. The van der Waals surface area contributed by atoms with Crippen LogP contribution in [0.2, 0.25) is 0 Å². The van der Waals surface area contributed by atoms with E-state index in [1.54, 1.807) is 0 Å². The Kier molecular flexibility index (Phi) is 4.05. The Bertz CT molecular complexity index is 520. The summed E-state index contributed by atoms with van der Waals surface area (Å²) in [7, 11) is 0. The molecule has 0 amide bonds. The molecule has 0 bridgehead atoms. The third-order valence-electron chi connectivity index (χ3n) is 2.60. The van der Waals surface area contributed by atoms with Crippen molar-refractivity contribution in [3.05, 3.63) is 65.7 Å². The van der Waals surface area contributed by atoms with Gasteiger partial charge in [0.05, 0.1) is 0 Å². The van der Waals surface area contributed by atoms with E-state index in [4.69, 9.17) is 0 Å². The molecule has 0 aromatic heterocycles. The second-order valence-electron chi connectivity index (χ2n) is 4.06. The minimum atomic E-state index is -0.813. The number of carboxylic acids is 1. The third-order valence-corrected chi connectivity index (χ3v) is 3.86. The van der Waals surface area contributed by atoms with Crippen LogP contribution in [0.3, 0.4) is 0 Å². The summed E-state index contributed by atoms with van der Waals surface area (Å²) in [4.78, 5) is 12.3. The third kappa shape index (κ3) is 3.14. The van der Waals surface area contributed by atoms with Crippen molar-refractivity contribution in [3.63, 3.8) is 0 Å². The van der Waals surface area contributed by atoms with Gasteiger partial charge in [-0.2, -0.15) is 0 Å². The number of carbonyl (C=O) groups is 1. The molecule has 0 aliphatic carbocycles. The zero-order valence-electron chi connectivity index (χ0n) is 10.0. The van der Waals surface area contributed by atoms with Crippen molar-refractivity contribution in [3.8, 4) is 0 Å². The van der Waals surface area contributed by atoms with Crippen molar-refractivity contribution in [2.75, 3.05) is 0 Å². The van der Waals surface area contributed by atoms with Gasteiger partial charge in [0.1, 0.15) is 5.25 Å². The number of hydrogen-bond acceptors (Lipinski definition) is 2. The molecule has 0 saturated heterocycles. The summed E-state index contributed by atoms with van der Waals surface area (Å²) >= 11 is 1.36. The van der Waals surface area contributed by atoms with E-state index < -0.39 is 11.2 Å². The minimum Gasteiger partial charge on any atom is -0.480 e. The number of aryl methyl sites for hydroxylation is 1. The highest BCUT2D eigenvalue weighted by Gasteiger charge is 2.20. The molecule has 0 saturated carbocycles. The Labute approximate surface area is 111 Å². The van der Waals surface area contributed by atoms with Gasteiger partial charge in [0, 0.05) is 4.90 Å². The lowest BCUT2D eigenvalue weighted by molar-refractivity contribution is -0.136. The van der Waals surface area contributed by atoms with Crippen molar-refractivity contribution < 1.29 is 9.90 Å².